The normalized spacial score (nSPS) is 10.9. The lowest BCUT2D eigenvalue weighted by Gasteiger charge is -2.00. The standard InChI is InChI=1S/C11H13NO/c1-8-7-12-11-9(5-6-13)3-2-4-10(8)11/h2-4,7,12-13H,5-6H2,1H3. The summed E-state index contributed by atoms with van der Waals surface area (Å²) in [6.07, 6.45) is 2.73. The molecule has 0 aliphatic heterocycles. The number of para-hydroxylation sites is 1. The number of hydrogen-bond donors (Lipinski definition) is 2. The molecule has 0 amide bonds. The van der Waals surface area contributed by atoms with Gasteiger partial charge in [0, 0.05) is 23.7 Å². The van der Waals surface area contributed by atoms with Crippen molar-refractivity contribution in [2.75, 3.05) is 6.61 Å². The second-order valence-corrected chi connectivity index (χ2v) is 3.28. The maximum atomic E-state index is 8.87. The highest BCUT2D eigenvalue weighted by Gasteiger charge is 2.03. The van der Waals surface area contributed by atoms with Crippen molar-refractivity contribution in [3.05, 3.63) is 35.5 Å². The zero-order chi connectivity index (χ0) is 9.26. The van der Waals surface area contributed by atoms with Gasteiger partial charge in [0.15, 0.2) is 0 Å². The molecule has 2 rings (SSSR count). The van der Waals surface area contributed by atoms with Crippen LogP contribution in [0.25, 0.3) is 10.9 Å². The number of fused-ring (bicyclic) bond motifs is 1. The van der Waals surface area contributed by atoms with Gasteiger partial charge in [0.2, 0.25) is 0 Å². The number of rotatable bonds is 2. The largest absolute Gasteiger partial charge is 0.396 e. The number of benzene rings is 1. The van der Waals surface area contributed by atoms with Gasteiger partial charge in [0.05, 0.1) is 0 Å². The maximum Gasteiger partial charge on any atom is 0.0490 e. The van der Waals surface area contributed by atoms with Crippen molar-refractivity contribution in [2.24, 2.45) is 0 Å². The van der Waals surface area contributed by atoms with E-state index in [-0.39, 0.29) is 6.61 Å². The smallest absolute Gasteiger partial charge is 0.0490 e. The van der Waals surface area contributed by atoms with Crippen molar-refractivity contribution in [1.29, 1.82) is 0 Å². The van der Waals surface area contributed by atoms with Crippen molar-refractivity contribution >= 4 is 10.9 Å². The topological polar surface area (TPSA) is 36.0 Å². The number of aryl methyl sites for hydroxylation is 1. The minimum atomic E-state index is 0.206. The molecule has 1 aromatic heterocycles. The first-order valence-corrected chi connectivity index (χ1v) is 4.49. The van der Waals surface area contributed by atoms with Crippen molar-refractivity contribution in [3.63, 3.8) is 0 Å². The molecule has 0 unspecified atom stereocenters. The van der Waals surface area contributed by atoms with Gasteiger partial charge in [-0.25, -0.2) is 0 Å². The first-order valence-electron chi connectivity index (χ1n) is 4.49. The fourth-order valence-electron chi connectivity index (χ4n) is 1.69. The SMILES string of the molecule is Cc1c[nH]c2c(CCO)cccc12. The predicted molar refractivity (Wildman–Crippen MR) is 53.8 cm³/mol. The average Bonchev–Trinajstić information content (AvgIpc) is 2.50. The van der Waals surface area contributed by atoms with E-state index in [1.807, 2.05) is 12.3 Å². The Bertz CT molecular complexity index is 417. The highest BCUT2D eigenvalue weighted by atomic mass is 16.2. The van der Waals surface area contributed by atoms with E-state index in [2.05, 4.69) is 24.0 Å². The molecule has 2 aromatic rings. The average molecular weight is 175 g/mol. The Morgan fingerprint density at radius 3 is 3.00 bits per heavy atom. The van der Waals surface area contributed by atoms with E-state index in [9.17, 15) is 0 Å². The van der Waals surface area contributed by atoms with Gasteiger partial charge in [0.1, 0.15) is 0 Å². The molecule has 0 aliphatic carbocycles. The molecule has 2 heteroatoms. The third kappa shape index (κ3) is 1.33. The van der Waals surface area contributed by atoms with Gasteiger partial charge in [-0.2, -0.15) is 0 Å². The van der Waals surface area contributed by atoms with Gasteiger partial charge in [-0.15, -0.1) is 0 Å². The number of hydrogen-bond acceptors (Lipinski definition) is 1. The summed E-state index contributed by atoms with van der Waals surface area (Å²) in [5.74, 6) is 0. The Kier molecular flexibility index (Phi) is 2.07. The second-order valence-electron chi connectivity index (χ2n) is 3.28. The molecule has 1 heterocycles. The van der Waals surface area contributed by atoms with E-state index in [0.29, 0.717) is 0 Å². The van der Waals surface area contributed by atoms with E-state index in [0.717, 1.165) is 11.9 Å². The summed E-state index contributed by atoms with van der Waals surface area (Å²) in [6.45, 7) is 2.29. The molecule has 2 nitrogen and oxygen atoms in total. The minimum Gasteiger partial charge on any atom is -0.396 e. The van der Waals surface area contributed by atoms with Crippen LogP contribution in [0.2, 0.25) is 0 Å². The van der Waals surface area contributed by atoms with Crippen LogP contribution in [0.5, 0.6) is 0 Å². The fraction of sp³-hybridized carbons (Fsp3) is 0.273. The Hall–Kier alpha value is -1.28. The molecule has 0 saturated heterocycles. The summed E-state index contributed by atoms with van der Waals surface area (Å²) in [5, 5.41) is 10.1. The summed E-state index contributed by atoms with van der Waals surface area (Å²) in [4.78, 5) is 3.23. The van der Waals surface area contributed by atoms with Crippen molar-refractivity contribution in [3.8, 4) is 0 Å². The molecule has 13 heavy (non-hydrogen) atoms. The molecule has 0 bridgehead atoms. The van der Waals surface area contributed by atoms with E-state index < -0.39 is 0 Å². The van der Waals surface area contributed by atoms with Crippen LogP contribution in [-0.4, -0.2) is 16.7 Å². The Balaban J connectivity index is 2.63. The predicted octanol–water partition coefficient (Wildman–Crippen LogP) is 2.01. The lowest BCUT2D eigenvalue weighted by atomic mass is 10.1. The van der Waals surface area contributed by atoms with Gasteiger partial charge in [-0.05, 0) is 24.5 Å². The summed E-state index contributed by atoms with van der Waals surface area (Å²) in [7, 11) is 0. The fourth-order valence-corrected chi connectivity index (χ4v) is 1.69. The lowest BCUT2D eigenvalue weighted by molar-refractivity contribution is 0.300. The number of H-pyrrole nitrogens is 1. The van der Waals surface area contributed by atoms with E-state index in [4.69, 9.17) is 5.11 Å². The van der Waals surface area contributed by atoms with Crippen LogP contribution in [0.3, 0.4) is 0 Å². The van der Waals surface area contributed by atoms with Gasteiger partial charge in [-0.3, -0.25) is 0 Å². The van der Waals surface area contributed by atoms with Crippen molar-refractivity contribution in [2.45, 2.75) is 13.3 Å². The summed E-state index contributed by atoms with van der Waals surface area (Å²) in [5.41, 5.74) is 3.61. The molecule has 0 fully saturated rings. The first-order chi connectivity index (χ1) is 6.33. The van der Waals surface area contributed by atoms with Gasteiger partial charge >= 0.3 is 0 Å². The molecule has 68 valence electrons. The number of aromatic amines is 1. The molecule has 0 spiro atoms. The number of aromatic nitrogens is 1. The van der Waals surface area contributed by atoms with Crippen LogP contribution >= 0.6 is 0 Å². The van der Waals surface area contributed by atoms with Crippen molar-refractivity contribution in [1.82, 2.24) is 4.98 Å². The van der Waals surface area contributed by atoms with Gasteiger partial charge in [0.25, 0.3) is 0 Å². The maximum absolute atomic E-state index is 8.87. The third-order valence-electron chi connectivity index (χ3n) is 2.39. The highest BCUT2D eigenvalue weighted by Crippen LogP contribution is 2.20. The Morgan fingerprint density at radius 1 is 1.38 bits per heavy atom. The first kappa shape index (κ1) is 8.32. The zero-order valence-electron chi connectivity index (χ0n) is 7.67. The summed E-state index contributed by atoms with van der Waals surface area (Å²) >= 11 is 0. The summed E-state index contributed by atoms with van der Waals surface area (Å²) < 4.78 is 0. The number of aliphatic hydroxyl groups excluding tert-OH is 1. The Morgan fingerprint density at radius 2 is 2.23 bits per heavy atom. The van der Waals surface area contributed by atoms with Crippen LogP contribution in [0.4, 0.5) is 0 Å². The van der Waals surface area contributed by atoms with E-state index in [1.54, 1.807) is 0 Å². The van der Waals surface area contributed by atoms with Crippen LogP contribution in [-0.2, 0) is 6.42 Å². The molecule has 1 aromatic carbocycles. The second kappa shape index (κ2) is 3.23. The van der Waals surface area contributed by atoms with Crippen LogP contribution in [0, 0.1) is 6.92 Å². The lowest BCUT2D eigenvalue weighted by Crippen LogP contribution is -1.91. The van der Waals surface area contributed by atoms with Crippen LogP contribution < -0.4 is 0 Å². The quantitative estimate of drug-likeness (QED) is 0.719. The van der Waals surface area contributed by atoms with E-state index in [1.165, 1.54) is 16.5 Å². The number of aliphatic hydroxyl groups is 1. The van der Waals surface area contributed by atoms with Crippen LogP contribution in [0.1, 0.15) is 11.1 Å². The van der Waals surface area contributed by atoms with Gasteiger partial charge < -0.3 is 10.1 Å². The molecule has 0 saturated carbocycles. The summed E-state index contributed by atoms with van der Waals surface area (Å²) in [6, 6.07) is 6.19. The highest BCUT2D eigenvalue weighted by molar-refractivity contribution is 5.85. The molecule has 2 N–H and O–H groups in total. The molecular formula is C11H13NO. The molecule has 0 radical (unpaired) electrons. The molecular weight excluding hydrogens is 162 g/mol. The monoisotopic (exact) mass is 175 g/mol. The van der Waals surface area contributed by atoms with Crippen molar-refractivity contribution < 1.29 is 5.11 Å². The Labute approximate surface area is 77.2 Å². The zero-order valence-corrected chi connectivity index (χ0v) is 7.67. The molecule has 0 aliphatic rings. The molecule has 0 atom stereocenters. The third-order valence-corrected chi connectivity index (χ3v) is 2.39. The number of nitrogens with one attached hydrogen (secondary N) is 1. The van der Waals surface area contributed by atoms with E-state index >= 15 is 0 Å². The van der Waals surface area contributed by atoms with Gasteiger partial charge in [-0.1, -0.05) is 18.2 Å². The minimum absolute atomic E-state index is 0.206. The van der Waals surface area contributed by atoms with Crippen LogP contribution in [0.15, 0.2) is 24.4 Å².